The molecule has 4 heteroatoms. The molecule has 1 aliphatic rings. The van der Waals surface area contributed by atoms with Gasteiger partial charge >= 0.3 is 5.97 Å². The van der Waals surface area contributed by atoms with E-state index in [4.69, 9.17) is 4.74 Å². The van der Waals surface area contributed by atoms with Crippen LogP contribution in [0.3, 0.4) is 0 Å². The first-order chi connectivity index (χ1) is 14.6. The Hall–Kier alpha value is -1.06. The van der Waals surface area contributed by atoms with Gasteiger partial charge in [0.25, 0.3) is 0 Å². The van der Waals surface area contributed by atoms with Crippen LogP contribution in [0.4, 0.5) is 0 Å². The lowest BCUT2D eigenvalue weighted by molar-refractivity contribution is -0.150. The lowest BCUT2D eigenvalue weighted by Gasteiger charge is -2.16. The van der Waals surface area contributed by atoms with Crippen LogP contribution in [0.25, 0.3) is 0 Å². The van der Waals surface area contributed by atoms with Gasteiger partial charge in [-0.1, -0.05) is 111 Å². The molecule has 0 aromatic heterocycles. The highest BCUT2D eigenvalue weighted by Gasteiger charge is 2.41. The van der Waals surface area contributed by atoms with Gasteiger partial charge in [-0.05, 0) is 12.8 Å². The highest BCUT2D eigenvalue weighted by Crippen LogP contribution is 2.26. The Bertz CT molecular complexity index is 452. The van der Waals surface area contributed by atoms with Gasteiger partial charge in [0.1, 0.15) is 0 Å². The Morgan fingerprint density at radius 2 is 1.27 bits per heavy atom. The van der Waals surface area contributed by atoms with Crippen molar-refractivity contribution in [2.75, 3.05) is 19.7 Å². The molecule has 1 saturated heterocycles. The Morgan fingerprint density at radius 3 is 1.80 bits per heavy atom. The summed E-state index contributed by atoms with van der Waals surface area (Å²) in [5.41, 5.74) is 0. The Kier molecular flexibility index (Phi) is 15.8. The molecule has 2 unspecified atom stereocenters. The van der Waals surface area contributed by atoms with Gasteiger partial charge in [-0.2, -0.15) is 0 Å². The molecule has 0 aliphatic carbocycles. The van der Waals surface area contributed by atoms with Gasteiger partial charge in [-0.15, -0.1) is 0 Å². The second-order valence-electron chi connectivity index (χ2n) is 9.30. The molecule has 0 bridgehead atoms. The van der Waals surface area contributed by atoms with Crippen LogP contribution in [0.1, 0.15) is 124 Å². The molecular formula is C26H49NO3. The zero-order chi connectivity index (χ0) is 22.0. The maximum absolute atomic E-state index is 12.5. The smallest absolute Gasteiger partial charge is 0.311 e. The highest BCUT2D eigenvalue weighted by atomic mass is 16.5. The van der Waals surface area contributed by atoms with Crippen molar-refractivity contribution < 1.29 is 14.3 Å². The molecule has 1 amide bonds. The molecule has 1 fully saturated rings. The first kappa shape index (κ1) is 27.0. The van der Waals surface area contributed by atoms with E-state index in [2.05, 4.69) is 13.8 Å². The summed E-state index contributed by atoms with van der Waals surface area (Å²) in [5.74, 6) is -0.546. The van der Waals surface area contributed by atoms with E-state index < -0.39 is 0 Å². The average Bonchev–Trinajstić information content (AvgIpc) is 3.03. The standard InChI is InChI=1S/C26H49NO3/c1-4-6-8-10-12-14-16-18-20-27-22-24(23(3)25(27)28)26(29)30-21-19-17-15-13-11-9-7-5-2/h23-24H,4-22H2,1-3H3. The molecule has 0 saturated carbocycles. The van der Waals surface area contributed by atoms with Crippen LogP contribution in [0.2, 0.25) is 0 Å². The van der Waals surface area contributed by atoms with Gasteiger partial charge in [-0.3, -0.25) is 9.59 Å². The lowest BCUT2D eigenvalue weighted by Crippen LogP contribution is -2.28. The third-order valence-electron chi connectivity index (χ3n) is 6.55. The van der Waals surface area contributed by atoms with Gasteiger partial charge in [-0.25, -0.2) is 0 Å². The SMILES string of the molecule is CCCCCCCCCCOC(=O)C1CN(CCCCCCCCCC)C(=O)C1C. The van der Waals surface area contributed by atoms with E-state index >= 15 is 0 Å². The number of amides is 1. The summed E-state index contributed by atoms with van der Waals surface area (Å²) in [4.78, 5) is 26.8. The fourth-order valence-electron chi connectivity index (χ4n) is 4.38. The monoisotopic (exact) mass is 423 g/mol. The van der Waals surface area contributed by atoms with E-state index in [-0.39, 0.29) is 23.7 Å². The molecule has 176 valence electrons. The predicted molar refractivity (Wildman–Crippen MR) is 125 cm³/mol. The number of nitrogens with zero attached hydrogens (tertiary/aromatic N) is 1. The van der Waals surface area contributed by atoms with Crippen LogP contribution in [0.5, 0.6) is 0 Å². The zero-order valence-electron chi connectivity index (χ0n) is 20.3. The summed E-state index contributed by atoms with van der Waals surface area (Å²) in [7, 11) is 0. The first-order valence-corrected chi connectivity index (χ1v) is 13.1. The van der Waals surface area contributed by atoms with Crippen molar-refractivity contribution in [1.82, 2.24) is 4.90 Å². The predicted octanol–water partition coefficient (Wildman–Crippen LogP) is 6.91. The van der Waals surface area contributed by atoms with Gasteiger partial charge in [0.05, 0.1) is 18.4 Å². The summed E-state index contributed by atoms with van der Waals surface area (Å²) in [6.07, 6.45) is 20.0. The van der Waals surface area contributed by atoms with E-state index in [1.165, 1.54) is 83.5 Å². The fraction of sp³-hybridized carbons (Fsp3) is 0.923. The minimum absolute atomic E-state index is 0.131. The molecule has 30 heavy (non-hydrogen) atoms. The van der Waals surface area contributed by atoms with Crippen molar-refractivity contribution >= 4 is 11.9 Å². The zero-order valence-corrected chi connectivity index (χ0v) is 20.3. The molecule has 0 aromatic carbocycles. The summed E-state index contributed by atoms with van der Waals surface area (Å²) in [6, 6.07) is 0. The number of carbonyl (C=O) groups excluding carboxylic acids is 2. The molecule has 2 atom stereocenters. The van der Waals surface area contributed by atoms with Crippen LogP contribution >= 0.6 is 0 Å². The molecular weight excluding hydrogens is 374 g/mol. The summed E-state index contributed by atoms with van der Waals surface area (Å²) in [5, 5.41) is 0. The van der Waals surface area contributed by atoms with Crippen LogP contribution < -0.4 is 0 Å². The van der Waals surface area contributed by atoms with Crippen LogP contribution in [-0.4, -0.2) is 36.5 Å². The largest absolute Gasteiger partial charge is 0.465 e. The van der Waals surface area contributed by atoms with Crippen molar-refractivity contribution in [2.24, 2.45) is 11.8 Å². The lowest BCUT2D eigenvalue weighted by atomic mass is 9.98. The number of unbranched alkanes of at least 4 members (excludes halogenated alkanes) is 14. The number of esters is 1. The van der Waals surface area contributed by atoms with Crippen LogP contribution in [0.15, 0.2) is 0 Å². The third-order valence-corrected chi connectivity index (χ3v) is 6.55. The fourth-order valence-corrected chi connectivity index (χ4v) is 4.38. The van der Waals surface area contributed by atoms with Crippen LogP contribution in [0, 0.1) is 11.8 Å². The molecule has 0 N–H and O–H groups in total. The van der Waals surface area contributed by atoms with Gasteiger partial charge in [0.2, 0.25) is 5.91 Å². The topological polar surface area (TPSA) is 46.6 Å². The maximum Gasteiger partial charge on any atom is 0.311 e. The average molecular weight is 424 g/mol. The number of likely N-dealkylation sites (tertiary alicyclic amines) is 1. The van der Waals surface area contributed by atoms with Gasteiger partial charge < -0.3 is 9.64 Å². The Balaban J connectivity index is 2.10. The van der Waals surface area contributed by atoms with Crippen LogP contribution in [-0.2, 0) is 14.3 Å². The first-order valence-electron chi connectivity index (χ1n) is 13.1. The van der Waals surface area contributed by atoms with Crippen molar-refractivity contribution in [3.8, 4) is 0 Å². The number of hydrogen-bond acceptors (Lipinski definition) is 3. The Morgan fingerprint density at radius 1 is 0.800 bits per heavy atom. The summed E-state index contributed by atoms with van der Waals surface area (Å²) >= 11 is 0. The number of carbonyl (C=O) groups is 2. The molecule has 0 radical (unpaired) electrons. The van der Waals surface area contributed by atoms with E-state index in [0.29, 0.717) is 13.2 Å². The molecule has 1 heterocycles. The second-order valence-corrected chi connectivity index (χ2v) is 9.30. The number of ether oxygens (including phenoxy) is 1. The van der Waals surface area contributed by atoms with Crippen molar-refractivity contribution in [3.63, 3.8) is 0 Å². The van der Waals surface area contributed by atoms with Crippen molar-refractivity contribution in [2.45, 2.75) is 124 Å². The minimum Gasteiger partial charge on any atom is -0.465 e. The van der Waals surface area contributed by atoms with Gasteiger partial charge in [0.15, 0.2) is 0 Å². The third kappa shape index (κ3) is 11.4. The summed E-state index contributed by atoms with van der Waals surface area (Å²) in [6.45, 7) is 8.21. The molecule has 4 nitrogen and oxygen atoms in total. The van der Waals surface area contributed by atoms with E-state index in [9.17, 15) is 9.59 Å². The van der Waals surface area contributed by atoms with E-state index in [1.807, 2.05) is 11.8 Å². The Labute approximate surface area is 186 Å². The molecule has 1 rings (SSSR count). The maximum atomic E-state index is 12.5. The number of rotatable bonds is 19. The van der Waals surface area contributed by atoms with Gasteiger partial charge in [0, 0.05) is 13.1 Å². The molecule has 0 aromatic rings. The normalized spacial score (nSPS) is 18.9. The van der Waals surface area contributed by atoms with E-state index in [0.717, 1.165) is 25.8 Å². The van der Waals surface area contributed by atoms with Crippen molar-refractivity contribution in [1.29, 1.82) is 0 Å². The quantitative estimate of drug-likeness (QED) is 0.168. The van der Waals surface area contributed by atoms with E-state index in [1.54, 1.807) is 0 Å². The summed E-state index contributed by atoms with van der Waals surface area (Å²) < 4.78 is 5.51. The highest BCUT2D eigenvalue weighted by molar-refractivity contribution is 5.88. The van der Waals surface area contributed by atoms with Crippen molar-refractivity contribution in [3.05, 3.63) is 0 Å². The number of hydrogen-bond donors (Lipinski definition) is 0. The molecule has 0 spiro atoms. The molecule has 1 aliphatic heterocycles. The minimum atomic E-state index is -0.277. The second kappa shape index (κ2) is 17.6.